The van der Waals surface area contributed by atoms with E-state index in [4.69, 9.17) is 0 Å². The van der Waals surface area contributed by atoms with E-state index < -0.39 is 0 Å². The summed E-state index contributed by atoms with van der Waals surface area (Å²) in [6.45, 7) is 5.71. The second kappa shape index (κ2) is 4.02. The molecule has 0 aromatic carbocycles. The summed E-state index contributed by atoms with van der Waals surface area (Å²) >= 11 is 0. The van der Waals surface area contributed by atoms with Crippen molar-refractivity contribution in [2.24, 2.45) is 22.7 Å². The van der Waals surface area contributed by atoms with E-state index in [0.717, 1.165) is 24.3 Å². The van der Waals surface area contributed by atoms with Gasteiger partial charge in [0.1, 0.15) is 5.84 Å². The topological polar surface area (TPSA) is 36.4 Å². The molecule has 2 saturated heterocycles. The average molecular weight is 221 g/mol. The normalized spacial score (nSPS) is 47.4. The summed E-state index contributed by atoms with van der Waals surface area (Å²) in [7, 11) is 0. The van der Waals surface area contributed by atoms with Crippen LogP contribution in [0.5, 0.6) is 0 Å². The van der Waals surface area contributed by atoms with Crippen LogP contribution in [-0.4, -0.2) is 24.6 Å². The van der Waals surface area contributed by atoms with Crippen LogP contribution in [0.3, 0.4) is 0 Å². The smallest absolute Gasteiger partial charge is 0.101 e. The van der Waals surface area contributed by atoms with E-state index in [0.29, 0.717) is 12.2 Å². The van der Waals surface area contributed by atoms with Gasteiger partial charge in [-0.1, -0.05) is 6.92 Å². The van der Waals surface area contributed by atoms with Gasteiger partial charge >= 0.3 is 0 Å². The van der Waals surface area contributed by atoms with Crippen LogP contribution in [0.2, 0.25) is 0 Å². The van der Waals surface area contributed by atoms with Crippen LogP contribution >= 0.6 is 0 Å². The van der Waals surface area contributed by atoms with Gasteiger partial charge in [-0.3, -0.25) is 10.3 Å². The number of aliphatic imine (C=N–C) groups is 1. The summed E-state index contributed by atoms with van der Waals surface area (Å²) < 4.78 is 0. The lowest BCUT2D eigenvalue weighted by atomic mass is 9.75. The summed E-state index contributed by atoms with van der Waals surface area (Å²) in [6, 6.07) is 0.634. The van der Waals surface area contributed by atoms with Crippen molar-refractivity contribution in [1.82, 2.24) is 10.6 Å². The zero-order valence-electron chi connectivity index (χ0n) is 10.4. The minimum Gasteiger partial charge on any atom is -0.358 e. The number of piperidine rings is 2. The molecule has 0 bridgehead atoms. The third kappa shape index (κ3) is 1.75. The van der Waals surface area contributed by atoms with E-state index in [-0.39, 0.29) is 0 Å². The molecule has 3 heterocycles. The highest BCUT2D eigenvalue weighted by molar-refractivity contribution is 5.86. The van der Waals surface area contributed by atoms with Crippen LogP contribution in [0.15, 0.2) is 4.99 Å². The minimum absolute atomic E-state index is 0.485. The van der Waals surface area contributed by atoms with Crippen molar-refractivity contribution in [1.29, 1.82) is 0 Å². The molecule has 16 heavy (non-hydrogen) atoms. The summed E-state index contributed by atoms with van der Waals surface area (Å²) in [4.78, 5) is 4.65. The fourth-order valence-electron chi connectivity index (χ4n) is 3.51. The van der Waals surface area contributed by atoms with E-state index >= 15 is 0 Å². The minimum atomic E-state index is 0.485. The number of rotatable bonds is 0. The Hall–Kier alpha value is -0.570. The van der Waals surface area contributed by atoms with Crippen LogP contribution in [0.1, 0.15) is 39.5 Å². The molecular formula is C13H23N3. The lowest BCUT2D eigenvalue weighted by Crippen LogP contribution is -2.63. The van der Waals surface area contributed by atoms with Crippen molar-refractivity contribution in [3.63, 3.8) is 0 Å². The molecule has 0 saturated carbocycles. The van der Waals surface area contributed by atoms with Gasteiger partial charge in [-0.2, -0.15) is 0 Å². The highest BCUT2D eigenvalue weighted by Crippen LogP contribution is 2.35. The van der Waals surface area contributed by atoms with Crippen LogP contribution < -0.4 is 10.6 Å². The van der Waals surface area contributed by atoms with Crippen molar-refractivity contribution < 1.29 is 0 Å². The Morgan fingerprint density at radius 3 is 3.00 bits per heavy atom. The first-order valence-electron chi connectivity index (χ1n) is 6.81. The third-order valence-corrected chi connectivity index (χ3v) is 4.71. The van der Waals surface area contributed by atoms with E-state index in [1.165, 1.54) is 31.5 Å². The molecule has 2 N–H and O–H groups in total. The Morgan fingerprint density at radius 1 is 1.25 bits per heavy atom. The maximum atomic E-state index is 4.65. The van der Waals surface area contributed by atoms with Gasteiger partial charge in [0, 0.05) is 18.5 Å². The lowest BCUT2D eigenvalue weighted by Gasteiger charge is -2.47. The van der Waals surface area contributed by atoms with Gasteiger partial charge in [0.05, 0.1) is 6.17 Å². The molecule has 2 fully saturated rings. The van der Waals surface area contributed by atoms with E-state index in [1.807, 2.05) is 0 Å². The third-order valence-electron chi connectivity index (χ3n) is 4.71. The average Bonchev–Trinajstić information content (AvgIpc) is 2.28. The number of nitrogens with one attached hydrogen (secondary N) is 2. The Bertz CT molecular complexity index is 300. The predicted octanol–water partition coefficient (Wildman–Crippen LogP) is 1.75. The molecule has 0 radical (unpaired) electrons. The van der Waals surface area contributed by atoms with Crippen LogP contribution in [-0.2, 0) is 0 Å². The second-order valence-corrected chi connectivity index (χ2v) is 5.89. The summed E-state index contributed by atoms with van der Waals surface area (Å²) in [5.41, 5.74) is 0. The van der Waals surface area contributed by atoms with E-state index in [9.17, 15) is 0 Å². The maximum absolute atomic E-state index is 4.65. The van der Waals surface area contributed by atoms with Crippen LogP contribution in [0, 0.1) is 17.8 Å². The Kier molecular flexibility index (Phi) is 2.66. The molecule has 5 unspecified atom stereocenters. The fraction of sp³-hybridized carbons (Fsp3) is 0.923. The second-order valence-electron chi connectivity index (χ2n) is 5.89. The highest BCUT2D eigenvalue weighted by atomic mass is 15.2. The molecule has 0 aliphatic carbocycles. The molecule has 3 heteroatoms. The lowest BCUT2D eigenvalue weighted by molar-refractivity contribution is 0.134. The molecule has 90 valence electrons. The van der Waals surface area contributed by atoms with Gasteiger partial charge in [-0.25, -0.2) is 0 Å². The van der Waals surface area contributed by atoms with E-state index in [1.54, 1.807) is 0 Å². The SMILES string of the molecule is CC1CC2CC3CCCN=C3NC2NC1C. The standard InChI is InChI=1S/C13H23N3/c1-8-6-11-7-10-4-3-5-14-12(10)16-13(11)15-9(8)2/h8-11,13,15H,3-7H2,1-2H3,(H,14,16). The monoisotopic (exact) mass is 221 g/mol. The van der Waals surface area contributed by atoms with Crippen LogP contribution in [0.4, 0.5) is 0 Å². The zero-order chi connectivity index (χ0) is 11.1. The maximum Gasteiger partial charge on any atom is 0.101 e. The Labute approximate surface area is 98.1 Å². The molecular weight excluding hydrogens is 198 g/mol. The molecule has 0 aromatic rings. The predicted molar refractivity (Wildman–Crippen MR) is 66.4 cm³/mol. The molecule has 0 spiro atoms. The molecule has 3 nitrogen and oxygen atoms in total. The summed E-state index contributed by atoms with van der Waals surface area (Å²) in [5.74, 6) is 3.65. The van der Waals surface area contributed by atoms with E-state index in [2.05, 4.69) is 29.5 Å². The first-order valence-corrected chi connectivity index (χ1v) is 6.81. The van der Waals surface area contributed by atoms with Gasteiger partial charge < -0.3 is 5.32 Å². The number of hydrogen-bond acceptors (Lipinski definition) is 3. The molecule has 0 amide bonds. The number of fused-ring (bicyclic) bond motifs is 2. The van der Waals surface area contributed by atoms with Crippen molar-refractivity contribution in [2.45, 2.75) is 51.7 Å². The molecule has 3 aliphatic rings. The number of hydrogen-bond donors (Lipinski definition) is 2. The number of amidine groups is 1. The van der Waals surface area contributed by atoms with Gasteiger partial charge in [0.2, 0.25) is 0 Å². The van der Waals surface area contributed by atoms with Crippen molar-refractivity contribution in [3.8, 4) is 0 Å². The van der Waals surface area contributed by atoms with Crippen molar-refractivity contribution >= 4 is 5.84 Å². The van der Waals surface area contributed by atoms with Gasteiger partial charge in [-0.05, 0) is 44.4 Å². The van der Waals surface area contributed by atoms with Gasteiger partial charge in [0.25, 0.3) is 0 Å². The van der Waals surface area contributed by atoms with Gasteiger partial charge in [0.15, 0.2) is 0 Å². The zero-order valence-corrected chi connectivity index (χ0v) is 10.4. The summed E-state index contributed by atoms with van der Waals surface area (Å²) in [5, 5.41) is 7.36. The highest BCUT2D eigenvalue weighted by Gasteiger charge is 2.39. The molecule has 5 atom stereocenters. The Morgan fingerprint density at radius 2 is 2.12 bits per heavy atom. The molecule has 3 aliphatic heterocycles. The van der Waals surface area contributed by atoms with Crippen molar-refractivity contribution in [2.75, 3.05) is 6.54 Å². The van der Waals surface area contributed by atoms with Gasteiger partial charge in [-0.15, -0.1) is 0 Å². The van der Waals surface area contributed by atoms with Crippen LogP contribution in [0.25, 0.3) is 0 Å². The first kappa shape index (κ1) is 10.6. The number of nitrogens with zero attached hydrogens (tertiary/aromatic N) is 1. The quantitative estimate of drug-likeness (QED) is 0.654. The largest absolute Gasteiger partial charge is 0.358 e. The molecule has 0 aromatic heterocycles. The summed E-state index contributed by atoms with van der Waals surface area (Å²) in [6.07, 6.45) is 5.83. The Balaban J connectivity index is 1.75. The first-order chi connectivity index (χ1) is 7.74. The molecule has 3 rings (SSSR count). The fourth-order valence-corrected chi connectivity index (χ4v) is 3.51. The van der Waals surface area contributed by atoms with Crippen molar-refractivity contribution in [3.05, 3.63) is 0 Å².